The third kappa shape index (κ3) is 8.27. The number of rotatable bonds is 11. The van der Waals surface area contributed by atoms with E-state index in [1.165, 1.54) is 4.88 Å². The molecule has 0 aromatic carbocycles. The third-order valence-electron chi connectivity index (χ3n) is 4.74. The number of halogens is 1. The highest BCUT2D eigenvalue weighted by Gasteiger charge is 2.32. The van der Waals surface area contributed by atoms with Gasteiger partial charge in [-0.3, -0.25) is 0 Å². The van der Waals surface area contributed by atoms with Crippen LogP contribution in [0.15, 0.2) is 40.2 Å². The van der Waals surface area contributed by atoms with Gasteiger partial charge in [0.05, 0.1) is 18.8 Å². The molecule has 1 aromatic rings. The quantitative estimate of drug-likeness (QED) is 0.346. The zero-order chi connectivity index (χ0) is 19.6. The van der Waals surface area contributed by atoms with Crippen LogP contribution >= 0.6 is 27.3 Å². The minimum atomic E-state index is -0.981. The topological polar surface area (TPSA) is 87.0 Å². The standard InChI is InChI=1S/C20H27BrO5S/c21-15-11-17(27-13-15)8-7-16(22)6-4-14-5-9-19(23)18(14)3-1-2-10-26-12-20(24)25/h1-2,4,6,11,13-14,16,18-19,22-23H,3,5,7-10,12H2,(H,24,25)/b2-1-,6-4+/t14-,16+,18+,19?/m0/s1. The lowest BCUT2D eigenvalue weighted by molar-refractivity contribution is -0.141. The van der Waals surface area contributed by atoms with Crippen molar-refractivity contribution in [3.8, 4) is 0 Å². The Balaban J connectivity index is 1.74. The molecule has 1 unspecified atom stereocenters. The van der Waals surface area contributed by atoms with E-state index < -0.39 is 12.1 Å². The third-order valence-corrected chi connectivity index (χ3v) is 6.50. The summed E-state index contributed by atoms with van der Waals surface area (Å²) in [7, 11) is 0. The molecule has 0 aliphatic heterocycles. The minimum Gasteiger partial charge on any atom is -0.480 e. The molecule has 0 radical (unpaired) electrons. The Hall–Kier alpha value is -0.990. The van der Waals surface area contributed by atoms with Crippen molar-refractivity contribution in [2.75, 3.05) is 13.2 Å². The molecule has 27 heavy (non-hydrogen) atoms. The van der Waals surface area contributed by atoms with Gasteiger partial charge in [-0.1, -0.05) is 24.3 Å². The lowest BCUT2D eigenvalue weighted by Gasteiger charge is -2.18. The van der Waals surface area contributed by atoms with Gasteiger partial charge in [-0.25, -0.2) is 4.79 Å². The van der Waals surface area contributed by atoms with Crippen LogP contribution in [0.5, 0.6) is 0 Å². The van der Waals surface area contributed by atoms with Crippen molar-refractivity contribution in [1.82, 2.24) is 0 Å². The van der Waals surface area contributed by atoms with Gasteiger partial charge >= 0.3 is 5.97 Å². The van der Waals surface area contributed by atoms with Crippen LogP contribution in [-0.2, 0) is 16.0 Å². The predicted octanol–water partition coefficient (Wildman–Crippen LogP) is 3.79. The summed E-state index contributed by atoms with van der Waals surface area (Å²) in [4.78, 5) is 11.6. The first-order chi connectivity index (χ1) is 13.0. The number of carboxylic acid groups (broad SMARTS) is 1. The zero-order valence-electron chi connectivity index (χ0n) is 15.2. The molecule has 5 nitrogen and oxygen atoms in total. The summed E-state index contributed by atoms with van der Waals surface area (Å²) in [6.07, 6.45) is 10.7. The highest BCUT2D eigenvalue weighted by Crippen LogP contribution is 2.36. The Morgan fingerprint density at radius 3 is 2.93 bits per heavy atom. The molecule has 0 saturated heterocycles. The molecular weight excluding hydrogens is 432 g/mol. The average molecular weight is 459 g/mol. The van der Waals surface area contributed by atoms with Crippen molar-refractivity contribution in [1.29, 1.82) is 0 Å². The van der Waals surface area contributed by atoms with Crippen molar-refractivity contribution in [2.45, 2.75) is 44.3 Å². The molecule has 1 aliphatic rings. The zero-order valence-corrected chi connectivity index (χ0v) is 17.6. The number of hydrogen-bond acceptors (Lipinski definition) is 5. The summed E-state index contributed by atoms with van der Waals surface area (Å²) in [5, 5.41) is 31.0. The van der Waals surface area contributed by atoms with E-state index in [-0.39, 0.29) is 31.2 Å². The number of aliphatic hydroxyl groups is 2. The second-order valence-electron chi connectivity index (χ2n) is 6.81. The molecule has 1 heterocycles. The molecule has 4 atom stereocenters. The molecule has 150 valence electrons. The van der Waals surface area contributed by atoms with E-state index in [1.807, 2.05) is 23.6 Å². The van der Waals surface area contributed by atoms with Crippen LogP contribution in [0.2, 0.25) is 0 Å². The fraction of sp³-hybridized carbons (Fsp3) is 0.550. The first-order valence-corrected chi connectivity index (χ1v) is 10.8. The van der Waals surface area contributed by atoms with Crippen molar-refractivity contribution in [3.63, 3.8) is 0 Å². The van der Waals surface area contributed by atoms with Crippen molar-refractivity contribution >= 4 is 33.2 Å². The second kappa shape index (κ2) is 11.8. The number of aliphatic carboxylic acids is 1. The SMILES string of the molecule is O=C(O)COC/C=C\C[C@H]1C(O)CC[C@@H]1/C=C/[C@@H](O)CCc1cc(Br)cs1. The Labute approximate surface area is 172 Å². The van der Waals surface area contributed by atoms with Crippen LogP contribution in [0.25, 0.3) is 0 Å². The molecule has 3 N–H and O–H groups in total. The van der Waals surface area contributed by atoms with Crippen molar-refractivity contribution in [3.05, 3.63) is 45.1 Å². The number of thiophene rings is 1. The van der Waals surface area contributed by atoms with Gasteiger partial charge in [0, 0.05) is 14.7 Å². The molecule has 0 amide bonds. The van der Waals surface area contributed by atoms with E-state index in [4.69, 9.17) is 9.84 Å². The lowest BCUT2D eigenvalue weighted by atomic mass is 9.90. The highest BCUT2D eigenvalue weighted by molar-refractivity contribution is 9.10. The van der Waals surface area contributed by atoms with Gasteiger partial charge in [0.1, 0.15) is 6.61 Å². The van der Waals surface area contributed by atoms with Gasteiger partial charge in [0.2, 0.25) is 0 Å². The van der Waals surface area contributed by atoms with Gasteiger partial charge < -0.3 is 20.1 Å². The number of hydrogen-bond donors (Lipinski definition) is 3. The molecule has 0 bridgehead atoms. The summed E-state index contributed by atoms with van der Waals surface area (Å²) in [6.45, 7) is -0.0464. The summed E-state index contributed by atoms with van der Waals surface area (Å²) in [6, 6.07) is 2.08. The summed E-state index contributed by atoms with van der Waals surface area (Å²) < 4.78 is 6.04. The lowest BCUT2D eigenvalue weighted by Crippen LogP contribution is -2.18. The monoisotopic (exact) mass is 458 g/mol. The fourth-order valence-electron chi connectivity index (χ4n) is 3.33. The van der Waals surface area contributed by atoms with E-state index >= 15 is 0 Å². The fourth-order valence-corrected chi connectivity index (χ4v) is 4.80. The summed E-state index contributed by atoms with van der Waals surface area (Å²) >= 11 is 5.12. The largest absolute Gasteiger partial charge is 0.480 e. The van der Waals surface area contributed by atoms with Gasteiger partial charge in [-0.15, -0.1) is 11.3 Å². The minimum absolute atomic E-state index is 0.123. The normalized spacial score (nSPS) is 24.2. The maximum Gasteiger partial charge on any atom is 0.329 e. The van der Waals surface area contributed by atoms with Gasteiger partial charge in [0.15, 0.2) is 0 Å². The van der Waals surface area contributed by atoms with Crippen LogP contribution in [-0.4, -0.2) is 46.7 Å². The smallest absolute Gasteiger partial charge is 0.329 e. The molecule has 1 aliphatic carbocycles. The Morgan fingerprint density at radius 2 is 2.22 bits per heavy atom. The predicted molar refractivity (Wildman–Crippen MR) is 110 cm³/mol. The first kappa shape index (κ1) is 22.3. The molecule has 0 spiro atoms. The second-order valence-corrected chi connectivity index (χ2v) is 8.72. The number of ether oxygens (including phenoxy) is 1. The van der Waals surface area contributed by atoms with Gasteiger partial charge in [0.25, 0.3) is 0 Å². The van der Waals surface area contributed by atoms with Crippen LogP contribution in [0.3, 0.4) is 0 Å². The summed E-state index contributed by atoms with van der Waals surface area (Å²) in [5.74, 6) is -0.613. The van der Waals surface area contributed by atoms with Gasteiger partial charge in [-0.05, 0) is 65.9 Å². The average Bonchev–Trinajstić information content (AvgIpc) is 3.20. The molecular formula is C20H27BrO5S. The number of aryl methyl sites for hydroxylation is 1. The van der Waals surface area contributed by atoms with E-state index in [2.05, 4.69) is 22.0 Å². The number of aliphatic hydroxyl groups excluding tert-OH is 2. The summed E-state index contributed by atoms with van der Waals surface area (Å²) in [5.41, 5.74) is 0. The van der Waals surface area contributed by atoms with E-state index in [0.717, 1.165) is 23.7 Å². The maximum absolute atomic E-state index is 10.4. The highest BCUT2D eigenvalue weighted by atomic mass is 79.9. The van der Waals surface area contributed by atoms with Crippen molar-refractivity contribution in [2.24, 2.45) is 11.8 Å². The number of carboxylic acids is 1. The first-order valence-electron chi connectivity index (χ1n) is 9.17. The Bertz CT molecular complexity index is 642. The van der Waals surface area contributed by atoms with E-state index in [0.29, 0.717) is 12.8 Å². The van der Waals surface area contributed by atoms with E-state index in [1.54, 1.807) is 17.4 Å². The maximum atomic E-state index is 10.4. The molecule has 1 fully saturated rings. The molecule has 7 heteroatoms. The van der Waals surface area contributed by atoms with Crippen LogP contribution < -0.4 is 0 Å². The van der Waals surface area contributed by atoms with Crippen LogP contribution in [0.4, 0.5) is 0 Å². The van der Waals surface area contributed by atoms with Crippen LogP contribution in [0, 0.1) is 11.8 Å². The van der Waals surface area contributed by atoms with Crippen molar-refractivity contribution < 1.29 is 24.9 Å². The molecule has 1 saturated carbocycles. The Kier molecular flexibility index (Phi) is 9.72. The number of carbonyl (C=O) groups is 1. The molecule has 1 aromatic heterocycles. The number of allylic oxidation sites excluding steroid dienone is 2. The Morgan fingerprint density at radius 1 is 1.41 bits per heavy atom. The van der Waals surface area contributed by atoms with Gasteiger partial charge in [-0.2, -0.15) is 0 Å². The molecule has 2 rings (SSSR count). The van der Waals surface area contributed by atoms with E-state index in [9.17, 15) is 15.0 Å². The van der Waals surface area contributed by atoms with Crippen LogP contribution in [0.1, 0.15) is 30.6 Å².